The molecule has 0 radical (unpaired) electrons. The molecule has 0 saturated carbocycles. The SMILES string of the molecule is C[C@@H](C#N)CN(C)Cc1cc2c(cc1Br)OCCO2. The maximum Gasteiger partial charge on any atom is 0.162 e. The number of nitrogens with zero attached hydrogens (tertiary/aromatic N) is 2. The van der Waals surface area contributed by atoms with E-state index in [0.717, 1.165) is 34.6 Å². The van der Waals surface area contributed by atoms with Crippen LogP contribution < -0.4 is 9.47 Å². The molecule has 1 heterocycles. The molecule has 0 aromatic heterocycles. The molecule has 4 nitrogen and oxygen atoms in total. The van der Waals surface area contributed by atoms with Gasteiger partial charge in [-0.05, 0) is 31.7 Å². The summed E-state index contributed by atoms with van der Waals surface area (Å²) in [4.78, 5) is 2.13. The first kappa shape index (κ1) is 14.2. The summed E-state index contributed by atoms with van der Waals surface area (Å²) < 4.78 is 12.1. The summed E-state index contributed by atoms with van der Waals surface area (Å²) in [5.41, 5.74) is 1.14. The maximum atomic E-state index is 8.84. The summed E-state index contributed by atoms with van der Waals surface area (Å²) in [7, 11) is 2.01. The van der Waals surface area contributed by atoms with Gasteiger partial charge in [-0.25, -0.2) is 0 Å². The van der Waals surface area contributed by atoms with Crippen molar-refractivity contribution in [2.75, 3.05) is 26.8 Å². The lowest BCUT2D eigenvalue weighted by atomic mass is 10.1. The molecule has 0 bridgehead atoms. The van der Waals surface area contributed by atoms with Crippen molar-refractivity contribution in [3.05, 3.63) is 22.2 Å². The van der Waals surface area contributed by atoms with Gasteiger partial charge in [0, 0.05) is 17.6 Å². The van der Waals surface area contributed by atoms with Crippen LogP contribution in [0.3, 0.4) is 0 Å². The van der Waals surface area contributed by atoms with Crippen LogP contribution in [0.25, 0.3) is 0 Å². The Hall–Kier alpha value is -1.25. The van der Waals surface area contributed by atoms with Crippen molar-refractivity contribution >= 4 is 15.9 Å². The van der Waals surface area contributed by atoms with Crippen LogP contribution in [0, 0.1) is 17.2 Å². The Morgan fingerprint density at radius 1 is 1.37 bits per heavy atom. The Morgan fingerprint density at radius 3 is 2.63 bits per heavy atom. The monoisotopic (exact) mass is 324 g/mol. The second kappa shape index (κ2) is 6.27. The maximum absolute atomic E-state index is 8.84. The Labute approximate surface area is 122 Å². The van der Waals surface area contributed by atoms with Crippen molar-refractivity contribution in [3.8, 4) is 17.6 Å². The molecule has 19 heavy (non-hydrogen) atoms. The lowest BCUT2D eigenvalue weighted by Gasteiger charge is -2.22. The topological polar surface area (TPSA) is 45.5 Å². The molecular weight excluding hydrogens is 308 g/mol. The minimum Gasteiger partial charge on any atom is -0.486 e. The van der Waals surface area contributed by atoms with Gasteiger partial charge in [0.2, 0.25) is 0 Å². The average molecular weight is 325 g/mol. The van der Waals surface area contributed by atoms with Crippen LogP contribution in [0.15, 0.2) is 16.6 Å². The van der Waals surface area contributed by atoms with E-state index in [1.165, 1.54) is 0 Å². The lowest BCUT2D eigenvalue weighted by molar-refractivity contribution is 0.171. The van der Waals surface area contributed by atoms with Crippen LogP contribution in [-0.2, 0) is 6.54 Å². The third kappa shape index (κ3) is 3.62. The van der Waals surface area contributed by atoms with Gasteiger partial charge in [-0.15, -0.1) is 0 Å². The second-order valence-electron chi connectivity index (χ2n) is 4.81. The number of ether oxygens (including phenoxy) is 2. The molecule has 102 valence electrons. The van der Waals surface area contributed by atoms with Crippen LogP contribution in [0.2, 0.25) is 0 Å². The zero-order valence-electron chi connectivity index (χ0n) is 11.1. The average Bonchev–Trinajstić information content (AvgIpc) is 2.39. The molecule has 0 N–H and O–H groups in total. The number of hydrogen-bond acceptors (Lipinski definition) is 4. The number of nitriles is 1. The van der Waals surface area contributed by atoms with Gasteiger partial charge in [-0.3, -0.25) is 0 Å². The molecule has 1 atom stereocenters. The predicted molar refractivity (Wildman–Crippen MR) is 76.2 cm³/mol. The highest BCUT2D eigenvalue weighted by molar-refractivity contribution is 9.10. The molecule has 1 aliphatic rings. The number of halogens is 1. The molecule has 0 unspecified atom stereocenters. The largest absolute Gasteiger partial charge is 0.486 e. The molecule has 5 heteroatoms. The summed E-state index contributed by atoms with van der Waals surface area (Å²) in [6, 6.07) is 6.20. The first-order valence-electron chi connectivity index (χ1n) is 6.26. The minimum absolute atomic E-state index is 0.0287. The third-order valence-corrected chi connectivity index (χ3v) is 3.70. The molecule has 0 saturated heterocycles. The van der Waals surface area contributed by atoms with E-state index in [1.54, 1.807) is 0 Å². The molecule has 0 spiro atoms. The van der Waals surface area contributed by atoms with E-state index >= 15 is 0 Å². The molecule has 0 fully saturated rings. The summed E-state index contributed by atoms with van der Waals surface area (Å²) in [5.74, 6) is 1.61. The fourth-order valence-electron chi connectivity index (χ4n) is 2.09. The molecule has 1 aliphatic heterocycles. The smallest absolute Gasteiger partial charge is 0.162 e. The number of rotatable bonds is 4. The van der Waals surface area contributed by atoms with Crippen molar-refractivity contribution < 1.29 is 9.47 Å². The Balaban J connectivity index is 2.10. The van der Waals surface area contributed by atoms with Crippen molar-refractivity contribution in [1.29, 1.82) is 5.26 Å². The van der Waals surface area contributed by atoms with Crippen LogP contribution in [0.1, 0.15) is 12.5 Å². The number of fused-ring (bicyclic) bond motifs is 1. The van der Waals surface area contributed by atoms with E-state index in [4.69, 9.17) is 14.7 Å². The lowest BCUT2D eigenvalue weighted by Crippen LogP contribution is -2.24. The summed E-state index contributed by atoms with van der Waals surface area (Å²) in [5, 5.41) is 8.84. The molecule has 0 amide bonds. The van der Waals surface area contributed by atoms with E-state index in [9.17, 15) is 0 Å². The Bertz CT molecular complexity index is 499. The highest BCUT2D eigenvalue weighted by atomic mass is 79.9. The first-order valence-corrected chi connectivity index (χ1v) is 7.05. The fraction of sp³-hybridized carbons (Fsp3) is 0.500. The zero-order chi connectivity index (χ0) is 13.8. The van der Waals surface area contributed by atoms with Crippen molar-refractivity contribution in [2.45, 2.75) is 13.5 Å². The van der Waals surface area contributed by atoms with Crippen molar-refractivity contribution in [1.82, 2.24) is 4.90 Å². The van der Waals surface area contributed by atoms with Gasteiger partial charge < -0.3 is 14.4 Å². The molecule has 1 aromatic carbocycles. The zero-order valence-corrected chi connectivity index (χ0v) is 12.7. The van der Waals surface area contributed by atoms with Crippen molar-refractivity contribution in [3.63, 3.8) is 0 Å². The van der Waals surface area contributed by atoms with Gasteiger partial charge in [-0.2, -0.15) is 5.26 Å². The Kier molecular flexibility index (Phi) is 4.67. The summed E-state index contributed by atoms with van der Waals surface area (Å²) in [6.07, 6.45) is 0. The van der Waals surface area contributed by atoms with E-state index in [1.807, 2.05) is 26.1 Å². The van der Waals surface area contributed by atoms with E-state index in [0.29, 0.717) is 13.2 Å². The van der Waals surface area contributed by atoms with E-state index in [2.05, 4.69) is 26.9 Å². The Morgan fingerprint density at radius 2 is 2.00 bits per heavy atom. The molecule has 1 aromatic rings. The normalized spacial score (nSPS) is 15.1. The van der Waals surface area contributed by atoms with E-state index < -0.39 is 0 Å². The second-order valence-corrected chi connectivity index (χ2v) is 5.67. The van der Waals surface area contributed by atoms with E-state index in [-0.39, 0.29) is 5.92 Å². The van der Waals surface area contributed by atoms with Crippen LogP contribution in [0.4, 0.5) is 0 Å². The quantitative estimate of drug-likeness (QED) is 0.854. The van der Waals surface area contributed by atoms with Crippen LogP contribution in [0.5, 0.6) is 11.5 Å². The molecule has 2 rings (SSSR count). The van der Waals surface area contributed by atoms with Gasteiger partial charge in [0.05, 0.1) is 12.0 Å². The van der Waals surface area contributed by atoms with Crippen LogP contribution >= 0.6 is 15.9 Å². The third-order valence-electron chi connectivity index (χ3n) is 2.96. The number of benzene rings is 1. The minimum atomic E-state index is 0.0287. The fourth-order valence-corrected chi connectivity index (χ4v) is 2.54. The van der Waals surface area contributed by atoms with Gasteiger partial charge in [0.25, 0.3) is 0 Å². The predicted octanol–water partition coefficient (Wildman–Crippen LogP) is 2.81. The summed E-state index contributed by atoms with van der Waals surface area (Å²) in [6.45, 7) is 4.63. The molecular formula is C14H17BrN2O2. The van der Waals surface area contributed by atoms with Crippen molar-refractivity contribution in [2.24, 2.45) is 5.92 Å². The highest BCUT2D eigenvalue weighted by Gasteiger charge is 2.16. The highest BCUT2D eigenvalue weighted by Crippen LogP contribution is 2.35. The summed E-state index contributed by atoms with van der Waals surface area (Å²) >= 11 is 3.56. The van der Waals surface area contributed by atoms with Gasteiger partial charge in [-0.1, -0.05) is 15.9 Å². The van der Waals surface area contributed by atoms with Gasteiger partial charge in [0.1, 0.15) is 13.2 Å². The van der Waals surface area contributed by atoms with Crippen LogP contribution in [-0.4, -0.2) is 31.7 Å². The van der Waals surface area contributed by atoms with Gasteiger partial charge >= 0.3 is 0 Å². The number of hydrogen-bond donors (Lipinski definition) is 0. The standard InChI is InChI=1S/C14H17BrN2O2/c1-10(7-16)8-17(2)9-11-5-13-14(6-12(11)15)19-4-3-18-13/h5-6,10H,3-4,8-9H2,1-2H3/t10-/m0/s1. The molecule has 0 aliphatic carbocycles. The first-order chi connectivity index (χ1) is 9.10. The van der Waals surface area contributed by atoms with Gasteiger partial charge in [0.15, 0.2) is 11.5 Å².